The van der Waals surface area contributed by atoms with Crippen molar-refractivity contribution in [3.8, 4) is 0 Å². The van der Waals surface area contributed by atoms with Crippen molar-refractivity contribution in [3.05, 3.63) is 24.3 Å². The first-order valence-corrected chi connectivity index (χ1v) is 13.5. The topological polar surface area (TPSA) is 87.2 Å². The molecule has 1 unspecified atom stereocenters. The van der Waals surface area contributed by atoms with E-state index in [1.807, 2.05) is 30.1 Å². The highest BCUT2D eigenvalue weighted by Crippen LogP contribution is 2.65. The van der Waals surface area contributed by atoms with Gasteiger partial charge in [-0.05, 0) is 45.4 Å². The number of esters is 1. The maximum atomic E-state index is 14.4. The summed E-state index contributed by atoms with van der Waals surface area (Å²) in [5, 5.41) is 9.84. The molecule has 2 amide bonds. The van der Waals surface area contributed by atoms with Crippen molar-refractivity contribution in [2.24, 2.45) is 17.3 Å². The average molecular weight is 505 g/mol. The molecule has 1 spiro atoms. The fourth-order valence-electron chi connectivity index (χ4n) is 6.92. The quantitative estimate of drug-likeness (QED) is 0.468. The first-order chi connectivity index (χ1) is 16.3. The number of carbonyl (C=O) groups is 3. The van der Waals surface area contributed by atoms with Crippen molar-refractivity contribution in [1.29, 1.82) is 0 Å². The molecule has 2 saturated heterocycles. The highest BCUT2D eigenvalue weighted by molar-refractivity contribution is 8.02. The molecular weight excluding hydrogens is 464 g/mol. The third kappa shape index (κ3) is 4.35. The summed E-state index contributed by atoms with van der Waals surface area (Å²) in [5.41, 5.74) is -0.437. The maximum absolute atomic E-state index is 14.4. The molecule has 7 nitrogen and oxygen atoms in total. The van der Waals surface area contributed by atoms with E-state index in [0.717, 1.165) is 19.3 Å². The number of amides is 2. The van der Waals surface area contributed by atoms with Crippen LogP contribution in [0.4, 0.5) is 0 Å². The number of hydrogen-bond acceptors (Lipinski definition) is 6. The second kappa shape index (κ2) is 8.94. The molecule has 8 heteroatoms. The number of aliphatic hydroxyl groups excluding tert-OH is 1. The monoisotopic (exact) mass is 504 g/mol. The number of hydrogen-bond donors (Lipinski definition) is 1. The first-order valence-electron chi connectivity index (χ1n) is 12.7. The van der Waals surface area contributed by atoms with Gasteiger partial charge in [0.05, 0.1) is 29.8 Å². The normalized spacial score (nSPS) is 36.5. The van der Waals surface area contributed by atoms with Gasteiger partial charge in [-0.25, -0.2) is 0 Å². The Kier molecular flexibility index (Phi) is 6.71. The molecule has 0 aromatic carbocycles. The van der Waals surface area contributed by atoms with Gasteiger partial charge < -0.3 is 19.6 Å². The lowest BCUT2D eigenvalue weighted by Crippen LogP contribution is -2.59. The van der Waals surface area contributed by atoms with Gasteiger partial charge in [0.1, 0.15) is 6.04 Å². The van der Waals surface area contributed by atoms with E-state index in [-0.39, 0.29) is 36.4 Å². The lowest BCUT2D eigenvalue weighted by molar-refractivity contribution is -0.154. The summed E-state index contributed by atoms with van der Waals surface area (Å²) in [6.45, 7) is 13.2. The molecule has 2 fully saturated rings. The second-order valence-electron chi connectivity index (χ2n) is 12.4. The van der Waals surface area contributed by atoms with Crippen molar-refractivity contribution in [3.63, 3.8) is 0 Å². The molecular formula is C27H40N2O5S. The van der Waals surface area contributed by atoms with Crippen molar-refractivity contribution in [2.75, 3.05) is 26.3 Å². The summed E-state index contributed by atoms with van der Waals surface area (Å²) in [6, 6.07) is -0.788. The predicted octanol–water partition coefficient (Wildman–Crippen LogP) is 3.17. The standard InChI is InChI=1S/C27H40N2O5S/c1-24(2,3)17-25(4,5)29-13-10-12-27-18(21(31)28(14-15-30)20(27)22(29)32)19-23(33)34-16-9-7-8-11-26(19,6)35-27/h8,10-12,18-20,30H,7,9,13-17H2,1-6H3/b11-8-/t18-,19+,20?,26-,27-/m0/s1. The van der Waals surface area contributed by atoms with Crippen molar-refractivity contribution >= 4 is 29.5 Å². The summed E-state index contributed by atoms with van der Waals surface area (Å²) in [6.07, 6.45) is 10.5. The molecule has 4 aliphatic heterocycles. The lowest BCUT2D eigenvalue weighted by Gasteiger charge is -2.44. The minimum absolute atomic E-state index is 0.00436. The number of nitrogens with zero attached hydrogens (tertiary/aromatic N) is 2. The van der Waals surface area contributed by atoms with Gasteiger partial charge in [0.25, 0.3) is 0 Å². The Hall–Kier alpha value is -1.80. The smallest absolute Gasteiger partial charge is 0.311 e. The minimum atomic E-state index is -0.905. The number of carbonyl (C=O) groups excluding carboxylic acids is 3. The SMILES string of the molecule is CC(C)(C)CC(C)(C)N1CC=C[C@]23S[C@@]4(C)/C=C\CCCOC(=O)[C@H]4[C@H]2C(=O)N(CCO)C3C1=O. The van der Waals surface area contributed by atoms with Crippen LogP contribution >= 0.6 is 11.8 Å². The van der Waals surface area contributed by atoms with Crippen LogP contribution in [0.25, 0.3) is 0 Å². The molecule has 0 bridgehead atoms. The number of cyclic esters (lactones) is 1. The molecule has 0 aliphatic carbocycles. The van der Waals surface area contributed by atoms with E-state index in [4.69, 9.17) is 4.74 Å². The molecule has 0 saturated carbocycles. The van der Waals surface area contributed by atoms with Crippen LogP contribution in [-0.4, -0.2) is 80.1 Å². The third-order valence-electron chi connectivity index (χ3n) is 7.78. The number of thioether (sulfide) groups is 1. The van der Waals surface area contributed by atoms with E-state index in [2.05, 4.69) is 40.7 Å². The van der Waals surface area contributed by atoms with E-state index < -0.39 is 32.9 Å². The van der Waals surface area contributed by atoms with Crippen molar-refractivity contribution in [2.45, 2.75) is 81.9 Å². The highest BCUT2D eigenvalue weighted by Gasteiger charge is 2.74. The highest BCUT2D eigenvalue weighted by atomic mass is 32.2. The predicted molar refractivity (Wildman–Crippen MR) is 137 cm³/mol. The zero-order valence-corrected chi connectivity index (χ0v) is 22.7. The zero-order chi connectivity index (χ0) is 25.8. The van der Waals surface area contributed by atoms with Crippen molar-refractivity contribution in [1.82, 2.24) is 9.80 Å². The largest absolute Gasteiger partial charge is 0.465 e. The number of rotatable bonds is 4. The summed E-state index contributed by atoms with van der Waals surface area (Å²) in [5.74, 6) is -2.17. The maximum Gasteiger partial charge on any atom is 0.311 e. The molecule has 0 radical (unpaired) electrons. The van der Waals surface area contributed by atoms with Crippen LogP contribution in [0.5, 0.6) is 0 Å². The number of ether oxygens (including phenoxy) is 1. The van der Waals surface area contributed by atoms with Crippen molar-refractivity contribution < 1.29 is 24.2 Å². The first kappa shape index (κ1) is 26.3. The van der Waals surface area contributed by atoms with E-state index >= 15 is 0 Å². The van der Waals surface area contributed by atoms with E-state index in [1.165, 1.54) is 4.90 Å². The van der Waals surface area contributed by atoms with Crippen LogP contribution in [-0.2, 0) is 19.1 Å². The molecule has 35 heavy (non-hydrogen) atoms. The summed E-state index contributed by atoms with van der Waals surface area (Å²) in [4.78, 5) is 45.1. The van der Waals surface area contributed by atoms with Crippen LogP contribution in [0.3, 0.4) is 0 Å². The van der Waals surface area contributed by atoms with Gasteiger partial charge in [0, 0.05) is 23.4 Å². The number of aliphatic hydroxyl groups is 1. The van der Waals surface area contributed by atoms with Gasteiger partial charge in [0.2, 0.25) is 11.8 Å². The Morgan fingerprint density at radius 2 is 1.80 bits per heavy atom. The van der Waals surface area contributed by atoms with Gasteiger partial charge in [-0.1, -0.05) is 45.1 Å². The van der Waals surface area contributed by atoms with E-state index in [9.17, 15) is 19.5 Å². The molecule has 4 rings (SSSR count). The second-order valence-corrected chi connectivity index (χ2v) is 14.2. The number of likely N-dealkylation sites (tertiary alicyclic amines) is 1. The third-order valence-corrected chi connectivity index (χ3v) is 9.58. The Morgan fingerprint density at radius 3 is 2.46 bits per heavy atom. The van der Waals surface area contributed by atoms with E-state index in [0.29, 0.717) is 13.2 Å². The Balaban J connectivity index is 1.84. The molecule has 1 N–H and O–H groups in total. The van der Waals surface area contributed by atoms with Gasteiger partial charge in [-0.15, -0.1) is 11.8 Å². The molecule has 194 valence electrons. The van der Waals surface area contributed by atoms with Crippen LogP contribution in [0, 0.1) is 17.3 Å². The van der Waals surface area contributed by atoms with Gasteiger partial charge >= 0.3 is 5.97 Å². The fraction of sp³-hybridized carbons (Fsp3) is 0.741. The van der Waals surface area contributed by atoms with Crippen LogP contribution < -0.4 is 0 Å². The molecule has 0 aromatic rings. The number of β-amino-alcohol motifs (C(OH)–C–C–N with tert-alkyl or cyclic N) is 1. The number of allylic oxidation sites excluding steroid dienone is 1. The summed E-state index contributed by atoms with van der Waals surface area (Å²) >= 11 is 1.54. The van der Waals surface area contributed by atoms with Crippen LogP contribution in [0.15, 0.2) is 24.3 Å². The van der Waals surface area contributed by atoms with Gasteiger partial charge in [-0.2, -0.15) is 0 Å². The van der Waals surface area contributed by atoms with Gasteiger partial charge in [-0.3, -0.25) is 14.4 Å². The van der Waals surface area contributed by atoms with Crippen LogP contribution in [0.2, 0.25) is 0 Å². The number of fused-ring (bicyclic) bond motifs is 2. The molecule has 5 atom stereocenters. The van der Waals surface area contributed by atoms with E-state index in [1.54, 1.807) is 11.8 Å². The average Bonchev–Trinajstić information content (AvgIpc) is 3.06. The van der Waals surface area contributed by atoms with Crippen LogP contribution in [0.1, 0.15) is 60.8 Å². The lowest BCUT2D eigenvalue weighted by atomic mass is 9.74. The van der Waals surface area contributed by atoms with Gasteiger partial charge in [0.15, 0.2) is 0 Å². The Bertz CT molecular complexity index is 954. The Morgan fingerprint density at radius 1 is 1.09 bits per heavy atom. The molecule has 0 aromatic heterocycles. The molecule has 4 aliphatic rings. The summed E-state index contributed by atoms with van der Waals surface area (Å²) < 4.78 is 4.05. The Labute approximate surface area is 213 Å². The molecule has 4 heterocycles. The minimum Gasteiger partial charge on any atom is -0.465 e. The summed E-state index contributed by atoms with van der Waals surface area (Å²) in [7, 11) is 0. The fourth-order valence-corrected chi connectivity index (χ4v) is 9.07. The zero-order valence-electron chi connectivity index (χ0n) is 21.9.